The molecular weight excluding hydrogens is 233 g/mol. The van der Waals surface area contributed by atoms with Gasteiger partial charge in [0.1, 0.15) is 5.82 Å². The van der Waals surface area contributed by atoms with E-state index in [-0.39, 0.29) is 5.82 Å². The van der Waals surface area contributed by atoms with E-state index in [1.165, 1.54) is 6.07 Å². The lowest BCUT2D eigenvalue weighted by Gasteiger charge is -2.27. The van der Waals surface area contributed by atoms with Gasteiger partial charge in [-0.25, -0.2) is 4.39 Å². The van der Waals surface area contributed by atoms with Gasteiger partial charge in [-0.2, -0.15) is 0 Å². The molecule has 0 amide bonds. The van der Waals surface area contributed by atoms with E-state index in [1.54, 1.807) is 6.07 Å². The quantitative estimate of drug-likeness (QED) is 0.842. The Morgan fingerprint density at radius 3 is 2.85 bits per heavy atom. The van der Waals surface area contributed by atoms with Crippen molar-refractivity contribution >= 4 is 15.9 Å². The summed E-state index contributed by atoms with van der Waals surface area (Å²) in [5.74, 6) is 0.517. The molecule has 0 atom stereocenters. The molecule has 1 aromatic carbocycles. The molecular formula is C10H11BrFN. The second-order valence-electron chi connectivity index (χ2n) is 3.44. The van der Waals surface area contributed by atoms with Gasteiger partial charge in [-0.3, -0.25) is 0 Å². The third-order valence-corrected chi connectivity index (χ3v) is 3.29. The highest BCUT2D eigenvalue weighted by Gasteiger charge is 2.18. The topological polar surface area (TPSA) is 12.0 Å². The number of hydrogen-bond acceptors (Lipinski definition) is 1. The highest BCUT2D eigenvalue weighted by molar-refractivity contribution is 9.10. The highest BCUT2D eigenvalue weighted by Crippen LogP contribution is 2.23. The van der Waals surface area contributed by atoms with Crippen molar-refractivity contribution in [2.45, 2.75) is 6.42 Å². The van der Waals surface area contributed by atoms with Gasteiger partial charge in [0.25, 0.3) is 0 Å². The molecule has 1 aromatic rings. The highest BCUT2D eigenvalue weighted by atomic mass is 79.9. The molecule has 70 valence electrons. The van der Waals surface area contributed by atoms with Crippen LogP contribution in [0.25, 0.3) is 0 Å². The Kier molecular flexibility index (Phi) is 2.65. The summed E-state index contributed by atoms with van der Waals surface area (Å²) in [6.07, 6.45) is 0.964. The maximum atomic E-state index is 13.1. The van der Waals surface area contributed by atoms with Crippen LogP contribution < -0.4 is 5.32 Å². The molecule has 1 heterocycles. The van der Waals surface area contributed by atoms with E-state index in [1.807, 2.05) is 6.07 Å². The van der Waals surface area contributed by atoms with E-state index >= 15 is 0 Å². The lowest BCUT2D eigenvalue weighted by molar-refractivity contribution is 0.346. The van der Waals surface area contributed by atoms with Crippen LogP contribution in [-0.4, -0.2) is 13.1 Å². The SMILES string of the molecule is Fc1cccc(CC2CNC2)c1Br. The first kappa shape index (κ1) is 9.16. The molecule has 0 saturated carbocycles. The van der Waals surface area contributed by atoms with E-state index in [0.29, 0.717) is 10.4 Å². The largest absolute Gasteiger partial charge is 0.316 e. The monoisotopic (exact) mass is 243 g/mol. The molecule has 0 aliphatic carbocycles. The standard InChI is InChI=1S/C10H11BrFN/c11-10-8(2-1-3-9(10)12)4-7-5-13-6-7/h1-3,7,13H,4-6H2. The second-order valence-corrected chi connectivity index (χ2v) is 4.23. The van der Waals surface area contributed by atoms with Gasteiger partial charge in [0.05, 0.1) is 4.47 Å². The number of hydrogen-bond donors (Lipinski definition) is 1. The molecule has 3 heteroatoms. The first-order valence-electron chi connectivity index (χ1n) is 4.41. The van der Waals surface area contributed by atoms with E-state index in [2.05, 4.69) is 21.2 Å². The zero-order valence-corrected chi connectivity index (χ0v) is 8.77. The van der Waals surface area contributed by atoms with Crippen LogP contribution in [0, 0.1) is 11.7 Å². The van der Waals surface area contributed by atoms with Crippen molar-refractivity contribution in [3.63, 3.8) is 0 Å². The van der Waals surface area contributed by atoms with E-state index in [0.717, 1.165) is 25.1 Å². The smallest absolute Gasteiger partial charge is 0.137 e. The van der Waals surface area contributed by atoms with Crippen LogP contribution in [-0.2, 0) is 6.42 Å². The molecule has 1 fully saturated rings. The third-order valence-electron chi connectivity index (χ3n) is 2.41. The van der Waals surface area contributed by atoms with Crippen LogP contribution in [0.3, 0.4) is 0 Å². The second kappa shape index (κ2) is 3.76. The number of rotatable bonds is 2. The summed E-state index contributed by atoms with van der Waals surface area (Å²) >= 11 is 3.27. The van der Waals surface area contributed by atoms with Gasteiger partial charge in [-0.15, -0.1) is 0 Å². The van der Waals surface area contributed by atoms with Gasteiger partial charge in [0.2, 0.25) is 0 Å². The molecule has 1 saturated heterocycles. The Morgan fingerprint density at radius 1 is 1.46 bits per heavy atom. The normalized spacial score (nSPS) is 17.1. The van der Waals surface area contributed by atoms with E-state index in [4.69, 9.17) is 0 Å². The van der Waals surface area contributed by atoms with Crippen molar-refractivity contribution < 1.29 is 4.39 Å². The predicted octanol–water partition coefficient (Wildman–Crippen LogP) is 2.35. The molecule has 0 radical (unpaired) electrons. The fraction of sp³-hybridized carbons (Fsp3) is 0.400. The maximum Gasteiger partial charge on any atom is 0.137 e. The number of nitrogens with one attached hydrogen (secondary N) is 1. The average molecular weight is 244 g/mol. The minimum atomic E-state index is -0.162. The van der Waals surface area contributed by atoms with Crippen LogP contribution in [0.1, 0.15) is 5.56 Å². The summed E-state index contributed by atoms with van der Waals surface area (Å²) in [6, 6.07) is 5.22. The zero-order valence-electron chi connectivity index (χ0n) is 7.19. The first-order valence-corrected chi connectivity index (χ1v) is 5.20. The number of halogens is 2. The summed E-state index contributed by atoms with van der Waals surface area (Å²) in [7, 11) is 0. The molecule has 1 aliphatic rings. The van der Waals surface area contributed by atoms with Crippen LogP contribution in [0.15, 0.2) is 22.7 Å². The lowest BCUT2D eigenvalue weighted by Crippen LogP contribution is -2.43. The Hall–Kier alpha value is -0.410. The summed E-state index contributed by atoms with van der Waals surface area (Å²) in [4.78, 5) is 0. The van der Waals surface area contributed by atoms with Gasteiger partial charge in [-0.1, -0.05) is 12.1 Å². The van der Waals surface area contributed by atoms with Crippen molar-refractivity contribution in [2.75, 3.05) is 13.1 Å². The number of benzene rings is 1. The summed E-state index contributed by atoms with van der Waals surface area (Å²) in [5.41, 5.74) is 1.08. The van der Waals surface area contributed by atoms with Gasteiger partial charge < -0.3 is 5.32 Å². The Labute approximate surface area is 85.5 Å². The van der Waals surface area contributed by atoms with Crippen LogP contribution in [0.2, 0.25) is 0 Å². The van der Waals surface area contributed by atoms with Crippen LogP contribution >= 0.6 is 15.9 Å². The summed E-state index contributed by atoms with van der Waals surface area (Å²) < 4.78 is 13.7. The summed E-state index contributed by atoms with van der Waals surface area (Å²) in [6.45, 7) is 2.12. The zero-order chi connectivity index (χ0) is 9.26. The van der Waals surface area contributed by atoms with Crippen LogP contribution in [0.5, 0.6) is 0 Å². The molecule has 1 N–H and O–H groups in total. The van der Waals surface area contributed by atoms with Crippen LogP contribution in [0.4, 0.5) is 4.39 Å². The molecule has 2 rings (SSSR count). The minimum Gasteiger partial charge on any atom is -0.316 e. The molecule has 0 aromatic heterocycles. The molecule has 13 heavy (non-hydrogen) atoms. The van der Waals surface area contributed by atoms with Gasteiger partial charge in [0, 0.05) is 0 Å². The summed E-state index contributed by atoms with van der Waals surface area (Å²) in [5, 5.41) is 3.21. The third kappa shape index (κ3) is 1.92. The first-order chi connectivity index (χ1) is 6.27. The Balaban J connectivity index is 2.14. The molecule has 0 spiro atoms. The van der Waals surface area contributed by atoms with Gasteiger partial charge in [0.15, 0.2) is 0 Å². The molecule has 1 aliphatic heterocycles. The Bertz CT molecular complexity index is 310. The van der Waals surface area contributed by atoms with E-state index < -0.39 is 0 Å². The molecule has 1 nitrogen and oxygen atoms in total. The van der Waals surface area contributed by atoms with Gasteiger partial charge >= 0.3 is 0 Å². The fourth-order valence-electron chi connectivity index (χ4n) is 1.51. The Morgan fingerprint density at radius 2 is 2.23 bits per heavy atom. The minimum absolute atomic E-state index is 0.162. The predicted molar refractivity (Wildman–Crippen MR) is 54.2 cm³/mol. The van der Waals surface area contributed by atoms with Gasteiger partial charge in [-0.05, 0) is 53.0 Å². The lowest BCUT2D eigenvalue weighted by atomic mass is 9.94. The van der Waals surface area contributed by atoms with E-state index in [9.17, 15) is 4.39 Å². The molecule has 0 unspecified atom stereocenters. The average Bonchev–Trinajstić information content (AvgIpc) is 2.04. The van der Waals surface area contributed by atoms with Crippen molar-refractivity contribution in [1.82, 2.24) is 5.32 Å². The van der Waals surface area contributed by atoms with Crippen molar-refractivity contribution in [1.29, 1.82) is 0 Å². The maximum absolute atomic E-state index is 13.1. The van der Waals surface area contributed by atoms with Crippen molar-refractivity contribution in [3.8, 4) is 0 Å². The molecule has 0 bridgehead atoms. The van der Waals surface area contributed by atoms with Crippen molar-refractivity contribution in [2.24, 2.45) is 5.92 Å². The van der Waals surface area contributed by atoms with Crippen molar-refractivity contribution in [3.05, 3.63) is 34.1 Å². The fourth-order valence-corrected chi connectivity index (χ4v) is 1.94.